The van der Waals surface area contributed by atoms with Crippen LogP contribution in [0.15, 0.2) is 10.5 Å². The van der Waals surface area contributed by atoms with Crippen molar-refractivity contribution < 1.29 is 4.74 Å². The van der Waals surface area contributed by atoms with Gasteiger partial charge in [-0.15, -0.1) is 0 Å². The largest absolute Gasteiger partial charge is 0.495 e. The van der Waals surface area contributed by atoms with Gasteiger partial charge in [0.15, 0.2) is 0 Å². The summed E-state index contributed by atoms with van der Waals surface area (Å²) in [5.41, 5.74) is 2.15. The summed E-state index contributed by atoms with van der Waals surface area (Å²) in [6.07, 6.45) is 0. The number of hydrogen-bond donors (Lipinski definition) is 0. The van der Waals surface area contributed by atoms with Crippen LogP contribution in [-0.2, 0) is 0 Å². The second kappa shape index (κ2) is 3.67. The molecule has 0 spiro atoms. The van der Waals surface area contributed by atoms with Gasteiger partial charge in [-0.25, -0.2) is 0 Å². The third-order valence-corrected chi connectivity index (χ3v) is 3.48. The van der Waals surface area contributed by atoms with Gasteiger partial charge in [0, 0.05) is 4.47 Å². The number of hydrogen-bond acceptors (Lipinski definition) is 1. The summed E-state index contributed by atoms with van der Waals surface area (Å²) in [7, 11) is 1.62. The van der Waals surface area contributed by atoms with Crippen molar-refractivity contribution in [1.82, 2.24) is 0 Å². The van der Waals surface area contributed by atoms with Gasteiger partial charge in [-0.2, -0.15) is 0 Å². The molecule has 0 saturated carbocycles. The highest BCUT2D eigenvalue weighted by Gasteiger charge is 2.09. The monoisotopic (exact) mass is 248 g/mol. The van der Waals surface area contributed by atoms with Crippen molar-refractivity contribution in [1.29, 1.82) is 0 Å². The molecule has 0 aliphatic carbocycles. The summed E-state index contributed by atoms with van der Waals surface area (Å²) in [6, 6.07) is 1.92. The highest BCUT2D eigenvalue weighted by atomic mass is 79.9. The summed E-state index contributed by atoms with van der Waals surface area (Å²) in [6.45, 7) is 3.97. The molecule has 0 N–H and O–H groups in total. The summed E-state index contributed by atoms with van der Waals surface area (Å²) < 4.78 is 6.16. The zero-order valence-electron chi connectivity index (χ0n) is 7.24. The number of aryl methyl sites for hydroxylation is 1. The van der Waals surface area contributed by atoms with E-state index in [0.717, 1.165) is 21.3 Å². The molecule has 12 heavy (non-hydrogen) atoms. The lowest BCUT2D eigenvalue weighted by Crippen LogP contribution is -1.90. The molecule has 1 rings (SSSR count). The molecule has 0 aromatic heterocycles. The second-order valence-electron chi connectivity index (χ2n) is 2.65. The van der Waals surface area contributed by atoms with E-state index in [9.17, 15) is 0 Å². The second-order valence-corrected chi connectivity index (χ2v) is 3.82. The lowest BCUT2D eigenvalue weighted by atomic mass is 10.1. The predicted molar refractivity (Wildman–Crippen MR) is 55.2 cm³/mol. The van der Waals surface area contributed by atoms with Gasteiger partial charge in [-0.05, 0) is 31.0 Å². The van der Waals surface area contributed by atoms with Crippen molar-refractivity contribution in [3.05, 3.63) is 26.7 Å². The number of rotatable bonds is 1. The van der Waals surface area contributed by atoms with Crippen LogP contribution in [0.4, 0.5) is 0 Å². The van der Waals surface area contributed by atoms with E-state index in [2.05, 4.69) is 15.9 Å². The third kappa shape index (κ3) is 1.59. The summed E-state index contributed by atoms with van der Waals surface area (Å²) in [4.78, 5) is 0. The minimum Gasteiger partial charge on any atom is -0.495 e. The molecule has 66 valence electrons. The van der Waals surface area contributed by atoms with E-state index in [1.807, 2.05) is 19.9 Å². The molecule has 0 amide bonds. The van der Waals surface area contributed by atoms with Crippen molar-refractivity contribution >= 4 is 27.5 Å². The van der Waals surface area contributed by atoms with Gasteiger partial charge in [-0.3, -0.25) is 0 Å². The standard InChI is InChI=1S/C9H10BrClO/c1-5-4-7(12-3)9(11)6(2)8(5)10/h4H,1-3H3. The average Bonchev–Trinajstić information content (AvgIpc) is 2.08. The molecule has 1 nitrogen and oxygen atoms in total. The zero-order valence-corrected chi connectivity index (χ0v) is 9.58. The number of ether oxygens (including phenoxy) is 1. The van der Waals surface area contributed by atoms with Crippen LogP contribution in [0.3, 0.4) is 0 Å². The molecule has 1 aromatic carbocycles. The fourth-order valence-electron chi connectivity index (χ4n) is 1.05. The Labute approximate surface area is 85.8 Å². The van der Waals surface area contributed by atoms with Gasteiger partial charge in [-0.1, -0.05) is 27.5 Å². The van der Waals surface area contributed by atoms with Gasteiger partial charge < -0.3 is 4.74 Å². The maximum atomic E-state index is 6.02. The predicted octanol–water partition coefficient (Wildman–Crippen LogP) is 3.73. The summed E-state index contributed by atoms with van der Waals surface area (Å²) >= 11 is 9.47. The van der Waals surface area contributed by atoms with Crippen molar-refractivity contribution in [3.8, 4) is 5.75 Å². The smallest absolute Gasteiger partial charge is 0.138 e. The van der Waals surface area contributed by atoms with Crippen LogP contribution in [0.25, 0.3) is 0 Å². The molecule has 1 aromatic rings. The highest BCUT2D eigenvalue weighted by Crippen LogP contribution is 2.35. The molecule has 0 heterocycles. The lowest BCUT2D eigenvalue weighted by Gasteiger charge is -2.09. The normalized spacial score (nSPS) is 10.1. The van der Waals surface area contributed by atoms with Gasteiger partial charge in [0.1, 0.15) is 5.75 Å². The Hall–Kier alpha value is -0.210. The lowest BCUT2D eigenvalue weighted by molar-refractivity contribution is 0.414. The topological polar surface area (TPSA) is 9.23 Å². The first kappa shape index (κ1) is 9.87. The Kier molecular flexibility index (Phi) is 3.02. The van der Waals surface area contributed by atoms with Gasteiger partial charge >= 0.3 is 0 Å². The highest BCUT2D eigenvalue weighted by molar-refractivity contribution is 9.10. The van der Waals surface area contributed by atoms with Crippen LogP contribution in [0, 0.1) is 13.8 Å². The minimum atomic E-state index is 0.676. The Balaban J connectivity index is 3.39. The minimum absolute atomic E-state index is 0.676. The molecule has 0 radical (unpaired) electrons. The van der Waals surface area contributed by atoms with E-state index >= 15 is 0 Å². The number of methoxy groups -OCH3 is 1. The maximum Gasteiger partial charge on any atom is 0.138 e. The SMILES string of the molecule is COc1cc(C)c(Br)c(C)c1Cl. The molecule has 0 atom stereocenters. The molecular weight excluding hydrogens is 239 g/mol. The fraction of sp³-hybridized carbons (Fsp3) is 0.333. The van der Waals surface area contributed by atoms with Crippen molar-refractivity contribution in [2.75, 3.05) is 7.11 Å². The van der Waals surface area contributed by atoms with E-state index in [4.69, 9.17) is 16.3 Å². The van der Waals surface area contributed by atoms with E-state index in [-0.39, 0.29) is 0 Å². The van der Waals surface area contributed by atoms with Crippen LogP contribution < -0.4 is 4.74 Å². The van der Waals surface area contributed by atoms with Crippen molar-refractivity contribution in [3.63, 3.8) is 0 Å². The van der Waals surface area contributed by atoms with E-state index in [0.29, 0.717) is 5.02 Å². The first-order valence-corrected chi connectivity index (χ1v) is 4.74. The fourth-order valence-corrected chi connectivity index (χ4v) is 1.70. The Morgan fingerprint density at radius 3 is 2.50 bits per heavy atom. The van der Waals surface area contributed by atoms with Gasteiger partial charge in [0.2, 0.25) is 0 Å². The quantitative estimate of drug-likeness (QED) is 0.737. The molecule has 0 fully saturated rings. The van der Waals surface area contributed by atoms with E-state index in [1.165, 1.54) is 0 Å². The molecule has 0 unspecified atom stereocenters. The maximum absolute atomic E-state index is 6.02. The van der Waals surface area contributed by atoms with Crippen LogP contribution in [0.1, 0.15) is 11.1 Å². The Bertz CT molecular complexity index is 310. The summed E-state index contributed by atoms with van der Waals surface area (Å²) in [5, 5.41) is 0.676. The van der Waals surface area contributed by atoms with Crippen LogP contribution in [0.5, 0.6) is 5.75 Å². The van der Waals surface area contributed by atoms with E-state index in [1.54, 1.807) is 7.11 Å². The molecule has 0 bridgehead atoms. The third-order valence-electron chi connectivity index (χ3n) is 1.79. The first-order chi connectivity index (χ1) is 5.57. The molecular formula is C9H10BrClO. The van der Waals surface area contributed by atoms with E-state index < -0.39 is 0 Å². The number of halogens is 2. The zero-order chi connectivity index (χ0) is 9.30. The first-order valence-electron chi connectivity index (χ1n) is 3.57. The van der Waals surface area contributed by atoms with Crippen molar-refractivity contribution in [2.45, 2.75) is 13.8 Å². The average molecular weight is 250 g/mol. The molecule has 0 saturated heterocycles. The number of benzene rings is 1. The molecule has 3 heteroatoms. The summed E-state index contributed by atoms with van der Waals surface area (Å²) in [5.74, 6) is 0.731. The van der Waals surface area contributed by atoms with Crippen LogP contribution in [0.2, 0.25) is 5.02 Å². The van der Waals surface area contributed by atoms with Crippen LogP contribution in [-0.4, -0.2) is 7.11 Å². The molecule has 0 aliphatic rings. The Morgan fingerprint density at radius 2 is 2.00 bits per heavy atom. The van der Waals surface area contributed by atoms with Gasteiger partial charge in [0.05, 0.1) is 12.1 Å². The van der Waals surface area contributed by atoms with Gasteiger partial charge in [0.25, 0.3) is 0 Å². The molecule has 0 aliphatic heterocycles. The Morgan fingerprint density at radius 1 is 1.42 bits per heavy atom. The van der Waals surface area contributed by atoms with Crippen molar-refractivity contribution in [2.24, 2.45) is 0 Å². The van der Waals surface area contributed by atoms with Crippen LogP contribution >= 0.6 is 27.5 Å².